The van der Waals surface area contributed by atoms with Crippen LogP contribution in [-0.2, 0) is 6.42 Å². The normalized spacial score (nSPS) is 19.2. The van der Waals surface area contributed by atoms with E-state index in [1.807, 2.05) is 0 Å². The van der Waals surface area contributed by atoms with Crippen LogP contribution in [0.3, 0.4) is 0 Å². The first kappa shape index (κ1) is 15.6. The Labute approximate surface area is 125 Å². The van der Waals surface area contributed by atoms with E-state index in [1.165, 1.54) is 62.0 Å². The lowest BCUT2D eigenvalue weighted by molar-refractivity contribution is 0.168. The molecule has 1 aliphatic rings. The minimum Gasteiger partial charge on any atom is -0.303 e. The van der Waals surface area contributed by atoms with E-state index in [0.717, 1.165) is 11.8 Å². The fourth-order valence-electron chi connectivity index (χ4n) is 3.15. The van der Waals surface area contributed by atoms with E-state index >= 15 is 0 Å². The molecule has 112 valence electrons. The van der Waals surface area contributed by atoms with E-state index in [9.17, 15) is 0 Å². The van der Waals surface area contributed by atoms with E-state index in [2.05, 4.69) is 50.8 Å². The molecule has 1 heterocycles. The van der Waals surface area contributed by atoms with Gasteiger partial charge in [-0.05, 0) is 81.1 Å². The van der Waals surface area contributed by atoms with Crippen LogP contribution in [0.2, 0.25) is 0 Å². The highest BCUT2D eigenvalue weighted by Gasteiger charge is 2.17. The molecule has 0 radical (unpaired) electrons. The predicted molar refractivity (Wildman–Crippen MR) is 88.2 cm³/mol. The van der Waals surface area contributed by atoms with Gasteiger partial charge in [0, 0.05) is 6.54 Å². The molecule has 1 atom stereocenters. The second kappa shape index (κ2) is 7.26. The minimum atomic E-state index is 0.810. The zero-order valence-corrected chi connectivity index (χ0v) is 13.8. The number of aryl methyl sites for hydroxylation is 3. The molecule has 0 bridgehead atoms. The van der Waals surface area contributed by atoms with Crippen LogP contribution in [0.4, 0.5) is 0 Å². The van der Waals surface area contributed by atoms with Gasteiger partial charge < -0.3 is 4.90 Å². The van der Waals surface area contributed by atoms with Crippen molar-refractivity contribution in [1.29, 1.82) is 0 Å². The molecule has 1 aliphatic heterocycles. The topological polar surface area (TPSA) is 3.24 Å². The Hall–Kier alpha value is -0.820. The number of piperidine rings is 1. The summed E-state index contributed by atoms with van der Waals surface area (Å²) in [6.07, 6.45) is 5.33. The van der Waals surface area contributed by atoms with Gasteiger partial charge in [0.2, 0.25) is 0 Å². The van der Waals surface area contributed by atoms with Gasteiger partial charge in [0.1, 0.15) is 0 Å². The van der Waals surface area contributed by atoms with Crippen LogP contribution in [0.1, 0.15) is 49.8 Å². The van der Waals surface area contributed by atoms with Crippen molar-refractivity contribution in [2.45, 2.75) is 53.4 Å². The maximum atomic E-state index is 2.67. The molecule has 1 aromatic carbocycles. The van der Waals surface area contributed by atoms with Crippen molar-refractivity contribution in [3.8, 4) is 0 Å². The van der Waals surface area contributed by atoms with E-state index in [1.54, 1.807) is 0 Å². The van der Waals surface area contributed by atoms with Gasteiger partial charge in [0.05, 0.1) is 0 Å². The quantitative estimate of drug-likeness (QED) is 0.757. The molecule has 0 spiro atoms. The number of rotatable bonds is 5. The SMILES string of the molecule is Cc1ccc(CCC(C)CN2CCC(C)CC2)cc1C. The van der Waals surface area contributed by atoms with Gasteiger partial charge in [-0.15, -0.1) is 0 Å². The molecular formula is C19H31N. The summed E-state index contributed by atoms with van der Waals surface area (Å²) in [7, 11) is 0. The summed E-state index contributed by atoms with van der Waals surface area (Å²) in [5, 5.41) is 0. The molecule has 1 aromatic rings. The monoisotopic (exact) mass is 273 g/mol. The largest absolute Gasteiger partial charge is 0.303 e. The lowest BCUT2D eigenvalue weighted by Gasteiger charge is -2.32. The summed E-state index contributed by atoms with van der Waals surface area (Å²) in [5.74, 6) is 1.75. The molecule has 0 amide bonds. The molecule has 0 saturated carbocycles. The Morgan fingerprint density at radius 3 is 2.50 bits per heavy atom. The average molecular weight is 273 g/mol. The Kier molecular flexibility index (Phi) is 5.65. The molecule has 1 heteroatoms. The van der Waals surface area contributed by atoms with Gasteiger partial charge >= 0.3 is 0 Å². The summed E-state index contributed by atoms with van der Waals surface area (Å²) in [6.45, 7) is 13.1. The van der Waals surface area contributed by atoms with Crippen LogP contribution in [0.15, 0.2) is 18.2 Å². The van der Waals surface area contributed by atoms with Crippen LogP contribution in [-0.4, -0.2) is 24.5 Å². The highest BCUT2D eigenvalue weighted by molar-refractivity contribution is 5.29. The van der Waals surface area contributed by atoms with Gasteiger partial charge in [0.25, 0.3) is 0 Å². The van der Waals surface area contributed by atoms with E-state index in [0.29, 0.717) is 0 Å². The zero-order valence-electron chi connectivity index (χ0n) is 13.8. The third kappa shape index (κ3) is 4.63. The van der Waals surface area contributed by atoms with Crippen molar-refractivity contribution in [2.75, 3.05) is 19.6 Å². The fraction of sp³-hybridized carbons (Fsp3) is 0.684. The Bertz CT molecular complexity index is 416. The van der Waals surface area contributed by atoms with Crippen LogP contribution in [0, 0.1) is 25.7 Å². The summed E-state index contributed by atoms with van der Waals surface area (Å²) < 4.78 is 0. The highest BCUT2D eigenvalue weighted by Crippen LogP contribution is 2.19. The number of hydrogen-bond acceptors (Lipinski definition) is 1. The molecule has 2 rings (SSSR count). The molecule has 20 heavy (non-hydrogen) atoms. The first-order chi connectivity index (χ1) is 9.54. The van der Waals surface area contributed by atoms with Crippen molar-refractivity contribution >= 4 is 0 Å². The number of hydrogen-bond donors (Lipinski definition) is 0. The molecule has 0 aliphatic carbocycles. The first-order valence-electron chi connectivity index (χ1n) is 8.33. The lowest BCUT2D eigenvalue weighted by Crippen LogP contribution is -2.36. The van der Waals surface area contributed by atoms with Gasteiger partial charge in [-0.3, -0.25) is 0 Å². The molecule has 1 nitrogen and oxygen atoms in total. The predicted octanol–water partition coefficient (Wildman–Crippen LogP) is 4.60. The van der Waals surface area contributed by atoms with Crippen LogP contribution >= 0.6 is 0 Å². The molecular weight excluding hydrogens is 242 g/mol. The maximum Gasteiger partial charge on any atom is 0.000714 e. The van der Waals surface area contributed by atoms with Gasteiger partial charge in [0.15, 0.2) is 0 Å². The average Bonchev–Trinajstić information content (AvgIpc) is 2.43. The van der Waals surface area contributed by atoms with Gasteiger partial charge in [-0.25, -0.2) is 0 Å². The van der Waals surface area contributed by atoms with Gasteiger partial charge in [-0.1, -0.05) is 32.0 Å². The highest BCUT2D eigenvalue weighted by atomic mass is 15.1. The summed E-state index contributed by atoms with van der Waals surface area (Å²) >= 11 is 0. The Morgan fingerprint density at radius 2 is 1.85 bits per heavy atom. The smallest absolute Gasteiger partial charge is 0.000714 e. The fourth-order valence-corrected chi connectivity index (χ4v) is 3.15. The molecule has 0 N–H and O–H groups in total. The molecule has 1 saturated heterocycles. The van der Waals surface area contributed by atoms with Crippen LogP contribution in [0.5, 0.6) is 0 Å². The van der Waals surface area contributed by atoms with Crippen molar-refractivity contribution in [2.24, 2.45) is 11.8 Å². The number of likely N-dealkylation sites (tertiary alicyclic amines) is 1. The van der Waals surface area contributed by atoms with E-state index < -0.39 is 0 Å². The second-order valence-electron chi connectivity index (χ2n) is 7.05. The van der Waals surface area contributed by atoms with Crippen LogP contribution in [0.25, 0.3) is 0 Å². The zero-order chi connectivity index (χ0) is 14.5. The second-order valence-corrected chi connectivity index (χ2v) is 7.05. The van der Waals surface area contributed by atoms with Crippen molar-refractivity contribution < 1.29 is 0 Å². The number of nitrogens with zero attached hydrogens (tertiary/aromatic N) is 1. The summed E-state index contributed by atoms with van der Waals surface area (Å²) in [5.41, 5.74) is 4.34. The van der Waals surface area contributed by atoms with E-state index in [-0.39, 0.29) is 0 Å². The Morgan fingerprint density at radius 1 is 1.15 bits per heavy atom. The maximum absolute atomic E-state index is 2.67. The Balaban J connectivity index is 1.74. The van der Waals surface area contributed by atoms with Crippen molar-refractivity contribution in [1.82, 2.24) is 4.90 Å². The van der Waals surface area contributed by atoms with Gasteiger partial charge in [-0.2, -0.15) is 0 Å². The first-order valence-corrected chi connectivity index (χ1v) is 8.33. The molecule has 0 aromatic heterocycles. The van der Waals surface area contributed by atoms with Crippen LogP contribution < -0.4 is 0 Å². The molecule has 1 fully saturated rings. The summed E-state index contributed by atoms with van der Waals surface area (Å²) in [6, 6.07) is 6.93. The van der Waals surface area contributed by atoms with Crippen molar-refractivity contribution in [3.05, 3.63) is 34.9 Å². The molecule has 1 unspecified atom stereocenters. The third-order valence-corrected chi connectivity index (χ3v) is 4.94. The van der Waals surface area contributed by atoms with E-state index in [4.69, 9.17) is 0 Å². The lowest BCUT2D eigenvalue weighted by atomic mass is 9.95. The third-order valence-electron chi connectivity index (χ3n) is 4.94. The minimum absolute atomic E-state index is 0.810. The summed E-state index contributed by atoms with van der Waals surface area (Å²) in [4.78, 5) is 2.67. The number of benzene rings is 1. The standard InChI is InChI=1S/C19H31N/c1-15-9-11-20(12-10-15)14-16(2)5-7-19-8-6-17(3)18(4)13-19/h6,8,13,15-16H,5,7,9-12,14H2,1-4H3. The van der Waals surface area contributed by atoms with Crippen molar-refractivity contribution in [3.63, 3.8) is 0 Å².